The number of β-amino-alcohol motifs (C(OH)–C–C–N with tert-alkyl or cyclic N) is 1. The Balaban J connectivity index is 1.11. The van der Waals surface area contributed by atoms with Crippen LogP contribution in [0.1, 0.15) is 87.0 Å². The second-order valence-corrected chi connectivity index (χ2v) is 15.9. The number of pyridine rings is 1. The predicted molar refractivity (Wildman–Crippen MR) is 214 cm³/mol. The Morgan fingerprint density at radius 3 is 2.42 bits per heavy atom. The van der Waals surface area contributed by atoms with Crippen molar-refractivity contribution in [1.82, 2.24) is 34.9 Å². The van der Waals surface area contributed by atoms with Gasteiger partial charge in [-0.05, 0) is 76.8 Å². The van der Waals surface area contributed by atoms with Gasteiger partial charge in [0.05, 0.1) is 50.9 Å². The van der Waals surface area contributed by atoms with Crippen LogP contribution >= 0.6 is 23.2 Å². The van der Waals surface area contributed by atoms with Crippen LogP contribution in [0.3, 0.4) is 0 Å². The zero-order valence-corrected chi connectivity index (χ0v) is 33.3. The number of aliphatic hydroxyl groups excluding tert-OH is 1. The number of likely N-dealkylation sites (tertiary alicyclic amines) is 1. The average molecular weight is 823 g/mol. The lowest BCUT2D eigenvalue weighted by Gasteiger charge is -2.33. The largest absolute Gasteiger partial charge is 0.462 e. The summed E-state index contributed by atoms with van der Waals surface area (Å²) in [4.78, 5) is 41.2. The third-order valence-corrected chi connectivity index (χ3v) is 10.7. The quantitative estimate of drug-likeness (QED) is 0.0909. The molecule has 2 aliphatic rings. The minimum absolute atomic E-state index is 0.0452. The van der Waals surface area contributed by atoms with E-state index in [0.717, 1.165) is 30.6 Å². The van der Waals surface area contributed by atoms with E-state index in [1.165, 1.54) is 0 Å². The monoisotopic (exact) mass is 821 g/mol. The van der Waals surface area contributed by atoms with Gasteiger partial charge in [0, 0.05) is 43.5 Å². The summed E-state index contributed by atoms with van der Waals surface area (Å²) < 4.78 is 35.3. The number of alkyl halides is 2. The summed E-state index contributed by atoms with van der Waals surface area (Å²) in [7, 11) is 0. The summed E-state index contributed by atoms with van der Waals surface area (Å²) in [6.45, 7) is 9.49. The van der Waals surface area contributed by atoms with E-state index >= 15 is 0 Å². The second kappa shape index (κ2) is 16.6. The lowest BCUT2D eigenvalue weighted by Crippen LogP contribution is -2.50. The molecule has 2 atom stereocenters. The number of aryl methyl sites for hydroxylation is 1. The van der Waals surface area contributed by atoms with E-state index in [0.29, 0.717) is 48.6 Å². The minimum Gasteiger partial charge on any atom is -0.462 e. The second-order valence-electron chi connectivity index (χ2n) is 15.1. The third kappa shape index (κ3) is 8.87. The van der Waals surface area contributed by atoms with Crippen LogP contribution in [-0.4, -0.2) is 77.5 Å². The van der Waals surface area contributed by atoms with Crippen molar-refractivity contribution in [2.75, 3.05) is 23.7 Å². The van der Waals surface area contributed by atoms with Crippen LogP contribution in [0.5, 0.6) is 0 Å². The zero-order chi connectivity index (χ0) is 40.6. The van der Waals surface area contributed by atoms with Gasteiger partial charge in [0.2, 0.25) is 0 Å². The van der Waals surface area contributed by atoms with E-state index in [4.69, 9.17) is 27.9 Å². The van der Waals surface area contributed by atoms with Crippen molar-refractivity contribution in [2.24, 2.45) is 0 Å². The smallest absolute Gasteiger partial charge is 0.326 e. The Morgan fingerprint density at radius 2 is 1.74 bits per heavy atom. The summed E-state index contributed by atoms with van der Waals surface area (Å²) in [5.41, 5.74) is 2.94. The topological polar surface area (TPSA) is 159 Å². The third-order valence-electron chi connectivity index (χ3n) is 9.90. The molecule has 0 saturated carbocycles. The molecule has 7 rings (SSSR count). The molecule has 5 heterocycles. The van der Waals surface area contributed by atoms with Gasteiger partial charge in [-0.2, -0.15) is 5.10 Å². The number of rotatable bonds is 12. The predicted octanol–water partition coefficient (Wildman–Crippen LogP) is 7.85. The molecule has 4 N–H and O–H groups in total. The number of nitrogens with one attached hydrogen (secondary N) is 3. The number of esters is 1. The molecule has 1 fully saturated rings. The SMILES string of the molecule is CC(C)OC(=O)C(C)(C)N[C@@H]1CCCn2nc(C(=O)Nc3cccc(-c4cccc(Nc5nc(C(F)F)nc6cc(CN7CC[C@@H](O)C7)cnc56)c4Cl)c3Cl)cc21. The number of carbonyl (C=O) groups excluding carboxylic acids is 2. The molecule has 0 aliphatic carbocycles. The van der Waals surface area contributed by atoms with Crippen molar-refractivity contribution in [3.05, 3.63) is 87.5 Å². The van der Waals surface area contributed by atoms with Gasteiger partial charge in [0.15, 0.2) is 17.3 Å². The number of carbonyl (C=O) groups is 2. The number of halogens is 4. The maximum atomic E-state index is 14.0. The first-order valence-corrected chi connectivity index (χ1v) is 19.5. The Hall–Kier alpha value is -4.80. The number of fused-ring (bicyclic) bond motifs is 2. The minimum atomic E-state index is -2.94. The fraction of sp³-hybridized carbons (Fsp3) is 0.400. The number of ether oxygens (including phenoxy) is 1. The van der Waals surface area contributed by atoms with Crippen LogP contribution in [0.15, 0.2) is 54.7 Å². The van der Waals surface area contributed by atoms with E-state index in [1.54, 1.807) is 87.1 Å². The summed E-state index contributed by atoms with van der Waals surface area (Å²) in [6, 6.07) is 13.5. The first kappa shape index (κ1) is 40.4. The Kier molecular flexibility index (Phi) is 11.8. The van der Waals surface area contributed by atoms with Gasteiger partial charge in [-0.3, -0.25) is 29.5 Å². The summed E-state index contributed by atoms with van der Waals surface area (Å²) in [5.74, 6) is -1.47. The van der Waals surface area contributed by atoms with Gasteiger partial charge in [-0.25, -0.2) is 18.7 Å². The molecule has 0 bridgehead atoms. The van der Waals surface area contributed by atoms with Crippen LogP contribution < -0.4 is 16.0 Å². The number of amides is 1. The highest BCUT2D eigenvalue weighted by Crippen LogP contribution is 2.41. The van der Waals surface area contributed by atoms with Crippen molar-refractivity contribution in [3.8, 4) is 11.1 Å². The highest BCUT2D eigenvalue weighted by atomic mass is 35.5. The molecule has 57 heavy (non-hydrogen) atoms. The lowest BCUT2D eigenvalue weighted by molar-refractivity contribution is -0.154. The average Bonchev–Trinajstić information content (AvgIpc) is 3.79. The number of aromatic nitrogens is 5. The van der Waals surface area contributed by atoms with Crippen molar-refractivity contribution in [1.29, 1.82) is 0 Å². The van der Waals surface area contributed by atoms with Crippen LogP contribution in [0.4, 0.5) is 26.0 Å². The molecule has 3 aromatic heterocycles. The van der Waals surface area contributed by atoms with Crippen LogP contribution in [0, 0.1) is 0 Å². The molecule has 5 aromatic rings. The van der Waals surface area contributed by atoms with Gasteiger partial charge in [-0.15, -0.1) is 0 Å². The zero-order valence-electron chi connectivity index (χ0n) is 31.8. The molecule has 1 saturated heterocycles. The number of benzene rings is 2. The van der Waals surface area contributed by atoms with Crippen molar-refractivity contribution < 1.29 is 28.2 Å². The van der Waals surface area contributed by atoms with Gasteiger partial charge in [0.1, 0.15) is 11.1 Å². The van der Waals surface area contributed by atoms with Crippen molar-refractivity contribution in [2.45, 2.75) is 90.3 Å². The van der Waals surface area contributed by atoms with Gasteiger partial charge >= 0.3 is 5.97 Å². The molecule has 17 heteroatoms. The van der Waals surface area contributed by atoms with Crippen molar-refractivity contribution in [3.63, 3.8) is 0 Å². The molecule has 13 nitrogen and oxygen atoms in total. The number of anilines is 3. The van der Waals surface area contributed by atoms with E-state index in [-0.39, 0.29) is 50.7 Å². The molecule has 1 amide bonds. The first-order chi connectivity index (χ1) is 27.2. The van der Waals surface area contributed by atoms with Crippen LogP contribution in [0.25, 0.3) is 22.2 Å². The Bertz CT molecular complexity index is 2320. The normalized spacial score (nSPS) is 17.3. The first-order valence-electron chi connectivity index (χ1n) is 18.7. The highest BCUT2D eigenvalue weighted by molar-refractivity contribution is 6.39. The maximum absolute atomic E-state index is 14.0. The lowest BCUT2D eigenvalue weighted by atomic mass is 9.98. The van der Waals surface area contributed by atoms with Crippen molar-refractivity contribution >= 4 is 63.3 Å². The number of hydrogen-bond donors (Lipinski definition) is 4. The van der Waals surface area contributed by atoms with E-state index in [9.17, 15) is 23.5 Å². The molecule has 0 unspecified atom stereocenters. The maximum Gasteiger partial charge on any atom is 0.326 e. The highest BCUT2D eigenvalue weighted by Gasteiger charge is 2.35. The molecule has 300 valence electrons. The van der Waals surface area contributed by atoms with Gasteiger partial charge in [-0.1, -0.05) is 47.5 Å². The summed E-state index contributed by atoms with van der Waals surface area (Å²) >= 11 is 13.9. The summed E-state index contributed by atoms with van der Waals surface area (Å²) in [5, 5.41) is 24.3. The number of nitrogens with zero attached hydrogens (tertiary/aromatic N) is 6. The van der Waals surface area contributed by atoms with E-state index in [2.05, 4.69) is 40.9 Å². The van der Waals surface area contributed by atoms with Crippen LogP contribution in [0.2, 0.25) is 10.0 Å². The Morgan fingerprint density at radius 1 is 1.02 bits per heavy atom. The molecule has 2 aromatic carbocycles. The molecule has 2 aliphatic heterocycles. The number of aliphatic hydroxyl groups is 1. The van der Waals surface area contributed by atoms with Gasteiger partial charge in [0.25, 0.3) is 12.3 Å². The van der Waals surface area contributed by atoms with E-state index in [1.807, 2.05) is 0 Å². The number of hydrogen-bond acceptors (Lipinski definition) is 11. The summed E-state index contributed by atoms with van der Waals surface area (Å²) in [6.07, 6.45) is 0.268. The fourth-order valence-corrected chi connectivity index (χ4v) is 7.70. The van der Waals surface area contributed by atoms with E-state index < -0.39 is 29.8 Å². The van der Waals surface area contributed by atoms with Crippen LogP contribution in [-0.2, 0) is 22.6 Å². The Labute approximate surface area is 338 Å². The van der Waals surface area contributed by atoms with Gasteiger partial charge < -0.3 is 20.5 Å². The molecule has 0 spiro atoms. The molecular formula is C40H43Cl2F2N9O4. The molecule has 0 radical (unpaired) electrons. The standard InChI is InChI=1S/C40H43Cl2F2N9O4/c1-21(2)57-39(56)40(3,4)50-26-12-7-14-53-31(26)17-30(51-53)38(55)48-28-11-6-9-25(33(28)42)24-8-5-10-27(32(24)41)46-36-34-29(47-37(49-36)35(43)44)16-22(18-45-34)19-52-15-13-23(54)20-52/h5-6,8-11,16-18,21,23,26,35,50,54H,7,12-15,19-20H2,1-4H3,(H,48,55)(H,46,47,49)/t23-,26-/m1/s1. The molecular weight excluding hydrogens is 779 g/mol. The fourth-order valence-electron chi connectivity index (χ4n) is 7.15.